The number of aryl methyl sites for hydroxylation is 1. The van der Waals surface area contributed by atoms with E-state index < -0.39 is 0 Å². The van der Waals surface area contributed by atoms with Crippen molar-refractivity contribution >= 4 is 22.9 Å². The molecule has 36 heavy (non-hydrogen) atoms. The standard InChI is InChI=1S/C30H35N3O3/c1-21-7-9-24(10-8-21)29-32-26-20-25(11-12-27(26)36-29)30(35)33-17-14-23(15-18-33)19-28(34)31-16-13-22-5-3-2-4-6-22/h5,7-12,20,23H,2-4,6,13-19H2,1H3,(H,31,34). The summed E-state index contributed by atoms with van der Waals surface area (Å²) in [5, 5.41) is 3.09. The van der Waals surface area contributed by atoms with E-state index in [2.05, 4.69) is 16.4 Å². The molecule has 1 aliphatic carbocycles. The summed E-state index contributed by atoms with van der Waals surface area (Å²) in [6, 6.07) is 13.5. The van der Waals surface area contributed by atoms with Crippen LogP contribution in [0.5, 0.6) is 0 Å². The lowest BCUT2D eigenvalue weighted by atomic mass is 9.92. The number of hydrogen-bond donors (Lipinski definition) is 1. The molecule has 2 aliphatic rings. The van der Waals surface area contributed by atoms with Crippen molar-refractivity contribution in [2.75, 3.05) is 19.6 Å². The first kappa shape index (κ1) is 24.3. The Labute approximate surface area is 212 Å². The molecule has 0 unspecified atom stereocenters. The number of piperidine rings is 1. The summed E-state index contributed by atoms with van der Waals surface area (Å²) in [6.07, 6.45) is 10.5. The average molecular weight is 486 g/mol. The molecule has 1 fully saturated rings. The van der Waals surface area contributed by atoms with Crippen LogP contribution < -0.4 is 5.32 Å². The molecular formula is C30H35N3O3. The predicted molar refractivity (Wildman–Crippen MR) is 142 cm³/mol. The van der Waals surface area contributed by atoms with E-state index in [1.54, 1.807) is 0 Å². The van der Waals surface area contributed by atoms with Crippen molar-refractivity contribution in [3.8, 4) is 11.5 Å². The Morgan fingerprint density at radius 3 is 2.64 bits per heavy atom. The van der Waals surface area contributed by atoms with Gasteiger partial charge in [0.2, 0.25) is 11.8 Å². The maximum absolute atomic E-state index is 13.2. The molecule has 2 aromatic carbocycles. The summed E-state index contributed by atoms with van der Waals surface area (Å²) in [4.78, 5) is 32.1. The first-order chi connectivity index (χ1) is 17.5. The number of nitrogens with one attached hydrogen (secondary N) is 1. The van der Waals surface area contributed by atoms with Gasteiger partial charge in [-0.2, -0.15) is 0 Å². The van der Waals surface area contributed by atoms with Crippen molar-refractivity contribution < 1.29 is 14.0 Å². The van der Waals surface area contributed by atoms with Crippen molar-refractivity contribution in [2.45, 2.75) is 58.3 Å². The number of amides is 2. The lowest BCUT2D eigenvalue weighted by molar-refractivity contribution is -0.122. The summed E-state index contributed by atoms with van der Waals surface area (Å²) in [7, 11) is 0. The predicted octanol–water partition coefficient (Wildman–Crippen LogP) is 6.05. The van der Waals surface area contributed by atoms with Gasteiger partial charge in [0.1, 0.15) is 5.52 Å². The van der Waals surface area contributed by atoms with Crippen molar-refractivity contribution in [1.29, 1.82) is 0 Å². The first-order valence-corrected chi connectivity index (χ1v) is 13.3. The van der Waals surface area contributed by atoms with E-state index in [4.69, 9.17) is 4.42 Å². The van der Waals surface area contributed by atoms with Crippen LogP contribution in [0, 0.1) is 12.8 Å². The molecule has 5 rings (SSSR count). The highest BCUT2D eigenvalue weighted by molar-refractivity contribution is 5.97. The molecule has 1 saturated heterocycles. The smallest absolute Gasteiger partial charge is 0.253 e. The second-order valence-corrected chi connectivity index (χ2v) is 10.2. The summed E-state index contributed by atoms with van der Waals surface area (Å²) < 4.78 is 5.91. The molecule has 1 N–H and O–H groups in total. The number of nitrogens with zero attached hydrogens (tertiary/aromatic N) is 2. The Hall–Kier alpha value is -3.41. The number of oxazole rings is 1. The van der Waals surface area contributed by atoms with Gasteiger partial charge in [-0.15, -0.1) is 0 Å². The number of aromatic nitrogens is 1. The molecule has 0 radical (unpaired) electrons. The van der Waals surface area contributed by atoms with E-state index in [1.165, 1.54) is 36.8 Å². The number of carbonyl (C=O) groups excluding carboxylic acids is 2. The van der Waals surface area contributed by atoms with E-state index in [1.807, 2.05) is 54.3 Å². The van der Waals surface area contributed by atoms with Gasteiger partial charge in [-0.1, -0.05) is 29.3 Å². The lowest BCUT2D eigenvalue weighted by Gasteiger charge is -2.31. The highest BCUT2D eigenvalue weighted by atomic mass is 16.3. The Kier molecular flexibility index (Phi) is 7.49. The molecule has 1 aromatic heterocycles. The Bertz CT molecular complexity index is 1250. The van der Waals surface area contributed by atoms with Crippen LogP contribution in [0.4, 0.5) is 0 Å². The summed E-state index contributed by atoms with van der Waals surface area (Å²) in [6.45, 7) is 4.13. The number of benzene rings is 2. The molecule has 0 atom stereocenters. The molecule has 1 aliphatic heterocycles. The Morgan fingerprint density at radius 1 is 1.08 bits per heavy atom. The van der Waals surface area contributed by atoms with Gasteiger partial charge in [-0.25, -0.2) is 4.98 Å². The number of fused-ring (bicyclic) bond motifs is 1. The minimum absolute atomic E-state index is 0.0143. The van der Waals surface area contributed by atoms with Gasteiger partial charge in [-0.3, -0.25) is 9.59 Å². The fraction of sp³-hybridized carbons (Fsp3) is 0.433. The highest BCUT2D eigenvalue weighted by Crippen LogP contribution is 2.27. The SMILES string of the molecule is Cc1ccc(-c2nc3cc(C(=O)N4CCC(CC(=O)NCCC5=CCCCC5)CC4)ccc3o2)cc1. The molecule has 0 saturated carbocycles. The van der Waals surface area contributed by atoms with Gasteiger partial charge in [0, 0.05) is 37.2 Å². The molecular weight excluding hydrogens is 450 g/mol. The fourth-order valence-corrected chi connectivity index (χ4v) is 5.23. The minimum Gasteiger partial charge on any atom is -0.436 e. The topological polar surface area (TPSA) is 75.4 Å². The van der Waals surface area contributed by atoms with Crippen LogP contribution in [0.15, 0.2) is 58.5 Å². The molecule has 0 spiro atoms. The normalized spacial score (nSPS) is 16.7. The monoisotopic (exact) mass is 485 g/mol. The van der Waals surface area contributed by atoms with Crippen LogP contribution in [0.25, 0.3) is 22.6 Å². The highest BCUT2D eigenvalue weighted by Gasteiger charge is 2.25. The summed E-state index contributed by atoms with van der Waals surface area (Å²) in [5.74, 6) is 1.04. The van der Waals surface area contributed by atoms with Crippen molar-refractivity contribution in [1.82, 2.24) is 15.2 Å². The van der Waals surface area contributed by atoms with Gasteiger partial charge in [0.05, 0.1) is 0 Å². The minimum atomic E-state index is 0.0143. The third-order valence-corrected chi connectivity index (χ3v) is 7.46. The number of carbonyl (C=O) groups is 2. The quantitative estimate of drug-likeness (QED) is 0.413. The van der Waals surface area contributed by atoms with Gasteiger partial charge < -0.3 is 14.6 Å². The zero-order chi connectivity index (χ0) is 24.9. The van der Waals surface area contributed by atoms with Crippen LogP contribution in [-0.2, 0) is 4.79 Å². The number of hydrogen-bond acceptors (Lipinski definition) is 4. The van der Waals surface area contributed by atoms with E-state index in [0.717, 1.165) is 31.4 Å². The Morgan fingerprint density at radius 2 is 1.89 bits per heavy atom. The second-order valence-electron chi connectivity index (χ2n) is 10.2. The molecule has 0 bridgehead atoms. The van der Waals surface area contributed by atoms with Crippen molar-refractivity contribution in [2.24, 2.45) is 5.92 Å². The zero-order valence-electron chi connectivity index (χ0n) is 21.1. The van der Waals surface area contributed by atoms with Gasteiger partial charge in [-0.05, 0) is 88.1 Å². The average Bonchev–Trinajstić information content (AvgIpc) is 3.33. The number of likely N-dealkylation sites (tertiary alicyclic amines) is 1. The third kappa shape index (κ3) is 5.86. The zero-order valence-corrected chi connectivity index (χ0v) is 21.1. The van der Waals surface area contributed by atoms with Crippen LogP contribution in [-0.4, -0.2) is 41.3 Å². The second kappa shape index (κ2) is 11.1. The summed E-state index contributed by atoms with van der Waals surface area (Å²) in [5.41, 5.74) is 5.57. The molecule has 3 aromatic rings. The molecule has 2 heterocycles. The summed E-state index contributed by atoms with van der Waals surface area (Å²) >= 11 is 0. The van der Waals surface area contributed by atoms with Gasteiger partial charge in [0.15, 0.2) is 5.58 Å². The van der Waals surface area contributed by atoms with Gasteiger partial charge >= 0.3 is 0 Å². The van der Waals surface area contributed by atoms with E-state index in [-0.39, 0.29) is 11.8 Å². The maximum Gasteiger partial charge on any atom is 0.253 e. The van der Waals surface area contributed by atoms with Crippen molar-refractivity contribution in [3.63, 3.8) is 0 Å². The Balaban J connectivity index is 1.12. The number of rotatable bonds is 7. The molecule has 6 heteroatoms. The van der Waals surface area contributed by atoms with E-state index in [0.29, 0.717) is 48.0 Å². The largest absolute Gasteiger partial charge is 0.436 e. The van der Waals surface area contributed by atoms with Crippen LogP contribution in [0.1, 0.15) is 67.3 Å². The van der Waals surface area contributed by atoms with Crippen molar-refractivity contribution in [3.05, 3.63) is 65.2 Å². The lowest BCUT2D eigenvalue weighted by Crippen LogP contribution is -2.39. The van der Waals surface area contributed by atoms with Gasteiger partial charge in [0.25, 0.3) is 5.91 Å². The first-order valence-electron chi connectivity index (χ1n) is 13.3. The molecule has 2 amide bonds. The van der Waals surface area contributed by atoms with Crippen LogP contribution >= 0.6 is 0 Å². The van der Waals surface area contributed by atoms with Crippen LogP contribution in [0.3, 0.4) is 0 Å². The fourth-order valence-electron chi connectivity index (χ4n) is 5.23. The maximum atomic E-state index is 13.2. The number of allylic oxidation sites excluding steroid dienone is 1. The molecule has 6 nitrogen and oxygen atoms in total. The van der Waals surface area contributed by atoms with E-state index in [9.17, 15) is 9.59 Å². The van der Waals surface area contributed by atoms with E-state index >= 15 is 0 Å². The third-order valence-electron chi connectivity index (χ3n) is 7.46. The molecule has 188 valence electrons. The van der Waals surface area contributed by atoms with Crippen LogP contribution in [0.2, 0.25) is 0 Å².